The van der Waals surface area contributed by atoms with Gasteiger partial charge in [-0.1, -0.05) is 0 Å². The molecular weight excluding hydrogens is 316 g/mol. The van der Waals surface area contributed by atoms with Crippen LogP contribution < -0.4 is 10.5 Å². The number of nitrogens with zero attached hydrogens (tertiary/aromatic N) is 3. The lowest BCUT2D eigenvalue weighted by Crippen LogP contribution is -2.34. The molecule has 0 saturated carbocycles. The molecule has 0 spiro atoms. The van der Waals surface area contributed by atoms with Crippen LogP contribution in [0.5, 0.6) is 0 Å². The van der Waals surface area contributed by atoms with Crippen LogP contribution in [0.4, 0.5) is 14.7 Å². The Morgan fingerprint density at radius 2 is 2.21 bits per heavy atom. The third-order valence-corrected chi connectivity index (χ3v) is 4.42. The standard InChI is InChI=1S/C16H15F2N5O/c17-10-3-4-13(18)9(6-10)7-11-2-1-5-23(11)16-20-14-12(8-19-22-14)15(24)21-16/h3-4,6,8,11H,1-2,5,7H2,(H2,19,20,21,22,24). The fraction of sp³-hybridized carbons (Fsp3) is 0.312. The minimum atomic E-state index is -0.457. The van der Waals surface area contributed by atoms with E-state index in [1.165, 1.54) is 12.3 Å². The van der Waals surface area contributed by atoms with Gasteiger partial charge in [0.15, 0.2) is 5.65 Å². The highest BCUT2D eigenvalue weighted by molar-refractivity contribution is 5.73. The lowest BCUT2D eigenvalue weighted by Gasteiger charge is -2.25. The Balaban J connectivity index is 1.66. The molecule has 1 unspecified atom stereocenters. The second kappa shape index (κ2) is 5.70. The van der Waals surface area contributed by atoms with E-state index in [0.29, 0.717) is 35.5 Å². The van der Waals surface area contributed by atoms with Crippen LogP contribution in [-0.2, 0) is 6.42 Å². The Hall–Kier alpha value is -2.77. The number of H-pyrrole nitrogens is 2. The quantitative estimate of drug-likeness (QED) is 0.771. The maximum Gasteiger partial charge on any atom is 0.263 e. The highest BCUT2D eigenvalue weighted by atomic mass is 19.1. The summed E-state index contributed by atoms with van der Waals surface area (Å²) in [6, 6.07) is 3.42. The lowest BCUT2D eigenvalue weighted by molar-refractivity contribution is 0.564. The minimum Gasteiger partial charge on any atom is -0.339 e. The fourth-order valence-corrected chi connectivity index (χ4v) is 3.25. The highest BCUT2D eigenvalue weighted by Gasteiger charge is 2.28. The summed E-state index contributed by atoms with van der Waals surface area (Å²) < 4.78 is 27.3. The maximum absolute atomic E-state index is 13.9. The predicted molar refractivity (Wildman–Crippen MR) is 84.9 cm³/mol. The van der Waals surface area contributed by atoms with E-state index in [1.807, 2.05) is 4.90 Å². The molecule has 1 aromatic carbocycles. The SMILES string of the molecule is O=c1[nH]c(N2CCCC2Cc2cc(F)ccc2F)nc2[nH]ncc12. The van der Waals surface area contributed by atoms with E-state index in [4.69, 9.17) is 0 Å². The molecule has 4 rings (SSSR count). The summed E-state index contributed by atoms with van der Waals surface area (Å²) >= 11 is 0. The van der Waals surface area contributed by atoms with Crippen LogP contribution in [0.1, 0.15) is 18.4 Å². The van der Waals surface area contributed by atoms with Crippen LogP contribution in [0.2, 0.25) is 0 Å². The van der Waals surface area contributed by atoms with Gasteiger partial charge in [0, 0.05) is 12.6 Å². The van der Waals surface area contributed by atoms with E-state index >= 15 is 0 Å². The smallest absolute Gasteiger partial charge is 0.263 e. The Morgan fingerprint density at radius 3 is 3.08 bits per heavy atom. The van der Waals surface area contributed by atoms with E-state index in [2.05, 4.69) is 20.2 Å². The van der Waals surface area contributed by atoms with Gasteiger partial charge in [0.25, 0.3) is 5.56 Å². The first-order chi connectivity index (χ1) is 11.6. The van der Waals surface area contributed by atoms with Crippen LogP contribution in [-0.4, -0.2) is 32.8 Å². The Morgan fingerprint density at radius 1 is 1.33 bits per heavy atom. The number of nitrogens with one attached hydrogen (secondary N) is 2. The zero-order chi connectivity index (χ0) is 16.7. The van der Waals surface area contributed by atoms with Crippen molar-refractivity contribution in [2.24, 2.45) is 0 Å². The summed E-state index contributed by atoms with van der Waals surface area (Å²) in [4.78, 5) is 21.2. The van der Waals surface area contributed by atoms with Gasteiger partial charge < -0.3 is 4.90 Å². The number of halogens is 2. The molecule has 24 heavy (non-hydrogen) atoms. The molecule has 0 aliphatic carbocycles. The largest absolute Gasteiger partial charge is 0.339 e. The number of anilines is 1. The van der Waals surface area contributed by atoms with E-state index in [1.54, 1.807) is 0 Å². The van der Waals surface area contributed by atoms with Crippen molar-refractivity contribution in [3.63, 3.8) is 0 Å². The molecular formula is C16H15F2N5O. The number of hydrogen-bond acceptors (Lipinski definition) is 4. The van der Waals surface area contributed by atoms with Crippen molar-refractivity contribution >= 4 is 17.0 Å². The van der Waals surface area contributed by atoms with Crippen molar-refractivity contribution in [2.75, 3.05) is 11.4 Å². The van der Waals surface area contributed by atoms with Crippen LogP contribution in [0.15, 0.2) is 29.2 Å². The maximum atomic E-state index is 13.9. The first-order valence-electron chi connectivity index (χ1n) is 7.76. The molecule has 1 fully saturated rings. The molecule has 1 saturated heterocycles. The second-order valence-electron chi connectivity index (χ2n) is 5.95. The summed E-state index contributed by atoms with van der Waals surface area (Å²) in [5, 5.41) is 6.90. The number of fused-ring (bicyclic) bond motifs is 1. The summed E-state index contributed by atoms with van der Waals surface area (Å²) in [6.07, 6.45) is 3.50. The predicted octanol–water partition coefficient (Wildman–Crippen LogP) is 2.14. The van der Waals surface area contributed by atoms with E-state index in [-0.39, 0.29) is 11.6 Å². The third kappa shape index (κ3) is 2.53. The molecule has 1 aliphatic rings. The zero-order valence-corrected chi connectivity index (χ0v) is 12.7. The molecule has 0 amide bonds. The number of aromatic amines is 2. The van der Waals surface area contributed by atoms with Crippen LogP contribution in [0, 0.1) is 11.6 Å². The number of hydrogen-bond donors (Lipinski definition) is 2. The zero-order valence-electron chi connectivity index (χ0n) is 12.7. The van der Waals surface area contributed by atoms with E-state index in [0.717, 1.165) is 25.0 Å². The first-order valence-corrected chi connectivity index (χ1v) is 7.76. The monoisotopic (exact) mass is 331 g/mol. The van der Waals surface area contributed by atoms with Gasteiger partial charge in [-0.15, -0.1) is 0 Å². The van der Waals surface area contributed by atoms with Crippen molar-refractivity contribution in [1.82, 2.24) is 20.2 Å². The third-order valence-electron chi connectivity index (χ3n) is 4.42. The van der Waals surface area contributed by atoms with Crippen molar-refractivity contribution in [3.05, 3.63) is 51.9 Å². The molecule has 3 heterocycles. The topological polar surface area (TPSA) is 77.7 Å². The van der Waals surface area contributed by atoms with Gasteiger partial charge in [-0.05, 0) is 43.0 Å². The van der Waals surface area contributed by atoms with Crippen LogP contribution in [0.3, 0.4) is 0 Å². The summed E-state index contributed by atoms with van der Waals surface area (Å²) in [5.41, 5.74) is 0.472. The summed E-state index contributed by atoms with van der Waals surface area (Å²) in [6.45, 7) is 0.699. The second-order valence-corrected chi connectivity index (χ2v) is 5.95. The number of benzene rings is 1. The molecule has 1 atom stereocenters. The Labute approximate surface area is 135 Å². The first kappa shape index (κ1) is 14.8. The minimum absolute atomic E-state index is 0.0511. The normalized spacial score (nSPS) is 17.8. The van der Waals surface area contributed by atoms with Crippen molar-refractivity contribution in [3.8, 4) is 0 Å². The van der Waals surface area contributed by atoms with Crippen molar-refractivity contribution in [1.29, 1.82) is 0 Å². The van der Waals surface area contributed by atoms with Crippen LogP contribution in [0.25, 0.3) is 11.0 Å². The van der Waals surface area contributed by atoms with Crippen molar-refractivity contribution < 1.29 is 8.78 Å². The number of aromatic nitrogens is 4. The van der Waals surface area contributed by atoms with E-state index < -0.39 is 11.6 Å². The average Bonchev–Trinajstić information content (AvgIpc) is 3.20. The van der Waals surface area contributed by atoms with Gasteiger partial charge in [-0.3, -0.25) is 14.9 Å². The molecule has 3 aromatic rings. The van der Waals surface area contributed by atoms with Crippen molar-refractivity contribution in [2.45, 2.75) is 25.3 Å². The van der Waals surface area contributed by atoms with Gasteiger partial charge in [-0.25, -0.2) is 8.78 Å². The van der Waals surface area contributed by atoms with Gasteiger partial charge in [0.2, 0.25) is 5.95 Å². The Bertz CT molecular complexity index is 951. The molecule has 1 aliphatic heterocycles. The molecule has 6 nitrogen and oxygen atoms in total. The van der Waals surface area contributed by atoms with Crippen LogP contribution >= 0.6 is 0 Å². The molecule has 0 radical (unpaired) electrons. The lowest BCUT2D eigenvalue weighted by atomic mass is 10.0. The molecule has 0 bridgehead atoms. The van der Waals surface area contributed by atoms with Gasteiger partial charge in [-0.2, -0.15) is 10.1 Å². The van der Waals surface area contributed by atoms with E-state index in [9.17, 15) is 13.6 Å². The summed E-state index contributed by atoms with van der Waals surface area (Å²) in [5.74, 6) is -0.453. The number of rotatable bonds is 3. The molecule has 2 N–H and O–H groups in total. The summed E-state index contributed by atoms with van der Waals surface area (Å²) in [7, 11) is 0. The molecule has 2 aromatic heterocycles. The highest BCUT2D eigenvalue weighted by Crippen LogP contribution is 2.26. The molecule has 8 heteroatoms. The van der Waals surface area contributed by atoms with Gasteiger partial charge in [0.05, 0.1) is 6.20 Å². The fourth-order valence-electron chi connectivity index (χ4n) is 3.25. The molecule has 124 valence electrons. The van der Waals surface area contributed by atoms with Gasteiger partial charge in [0.1, 0.15) is 17.0 Å². The van der Waals surface area contributed by atoms with Gasteiger partial charge >= 0.3 is 0 Å². The average molecular weight is 331 g/mol. The Kier molecular flexibility index (Phi) is 3.51.